The molecule has 0 saturated heterocycles. The zero-order valence-electron chi connectivity index (χ0n) is 31.3. The smallest absolute Gasteiger partial charge is 0.326 e. The van der Waals surface area contributed by atoms with Gasteiger partial charge in [-0.05, 0) is 31.4 Å². The van der Waals surface area contributed by atoms with Crippen LogP contribution < -0.4 is 27.4 Å². The van der Waals surface area contributed by atoms with E-state index in [1.807, 2.05) is 0 Å². The van der Waals surface area contributed by atoms with Crippen LogP contribution in [-0.2, 0) is 37.1 Å². The Bertz CT molecular complexity index is 1520. The van der Waals surface area contributed by atoms with Crippen LogP contribution in [0.1, 0.15) is 49.9 Å². The molecule has 14 N–H and O–H groups in total. The van der Waals surface area contributed by atoms with Crippen molar-refractivity contribution in [2.24, 2.45) is 11.5 Å². The van der Waals surface area contributed by atoms with Crippen LogP contribution in [0.25, 0.3) is 0 Å². The van der Waals surface area contributed by atoms with Gasteiger partial charge < -0.3 is 68.1 Å². The van der Waals surface area contributed by atoms with E-state index < -0.39 is 72.7 Å². The van der Waals surface area contributed by atoms with Gasteiger partial charge in [-0.1, -0.05) is 6.07 Å². The highest BCUT2D eigenvalue weighted by Gasteiger charge is 2.40. The average Bonchev–Trinajstić information content (AvgIpc) is 3.48. The van der Waals surface area contributed by atoms with Crippen LogP contribution in [0, 0.1) is 0 Å². The maximum Gasteiger partial charge on any atom is 0.326 e. The third kappa shape index (κ3) is 14.2. The van der Waals surface area contributed by atoms with E-state index in [0.717, 1.165) is 0 Å². The number of aliphatic carboxylic acids is 2. The molecule has 1 aromatic heterocycles. The third-order valence-corrected chi connectivity index (χ3v) is 9.67. The number of pyridine rings is 1. The van der Waals surface area contributed by atoms with Crippen LogP contribution in [0.2, 0.25) is 0 Å². The van der Waals surface area contributed by atoms with Gasteiger partial charge in [0.1, 0.15) is 17.8 Å². The number of hydrogen-bond acceptors (Lipinski definition) is 16. The maximum absolute atomic E-state index is 12.9. The van der Waals surface area contributed by atoms with Crippen molar-refractivity contribution >= 4 is 29.7 Å². The van der Waals surface area contributed by atoms with Gasteiger partial charge in [0.15, 0.2) is 0 Å². The predicted octanol–water partition coefficient (Wildman–Crippen LogP) is -4.26. The molecule has 0 spiro atoms. The van der Waals surface area contributed by atoms with Gasteiger partial charge in [-0.25, -0.2) is 4.79 Å². The van der Waals surface area contributed by atoms with Crippen molar-refractivity contribution in [1.29, 1.82) is 0 Å². The van der Waals surface area contributed by atoms with Crippen LogP contribution >= 0.6 is 0 Å². The second-order valence-corrected chi connectivity index (χ2v) is 13.9. The second-order valence-electron chi connectivity index (χ2n) is 13.9. The summed E-state index contributed by atoms with van der Waals surface area (Å²) >= 11 is 0. The molecular weight excluding hydrogens is 738 g/mol. The van der Waals surface area contributed by atoms with Gasteiger partial charge in [-0.15, -0.1) is 0 Å². The molecule has 0 saturated carbocycles. The van der Waals surface area contributed by atoms with Crippen LogP contribution in [0.3, 0.4) is 0 Å². The van der Waals surface area contributed by atoms with Crippen LogP contribution in [0.15, 0.2) is 29.7 Å². The summed E-state index contributed by atoms with van der Waals surface area (Å²) in [5, 5.41) is 78.4. The molecule has 0 radical (unpaired) electrons. The molecule has 0 aromatic carbocycles. The molecule has 3 heterocycles. The number of nitrogens with two attached hydrogens (primary N) is 2. The molecule has 21 heteroatoms. The van der Waals surface area contributed by atoms with E-state index in [-0.39, 0.29) is 115 Å². The summed E-state index contributed by atoms with van der Waals surface area (Å²) in [6, 6.07) is 1.68. The molecule has 21 nitrogen and oxygen atoms in total. The SMILES string of the molecule is NCC(O)CNC(=O)CCC(C(=O)O)N1CCN2CC(=C(O)C2CCC(=O)NCC(O)CN)N(C(CCC(=O)NCC(O)CO)C(=O)O)Cc2cccc(n2)C1. The summed E-state index contributed by atoms with van der Waals surface area (Å²) in [4.78, 5) is 73.1. The Morgan fingerprint density at radius 3 is 1.80 bits per heavy atom. The first kappa shape index (κ1) is 45.9. The zero-order valence-corrected chi connectivity index (χ0v) is 31.3. The fraction of sp³-hybridized carbons (Fsp3) is 0.657. The van der Waals surface area contributed by atoms with Gasteiger partial charge in [0.25, 0.3) is 0 Å². The highest BCUT2D eigenvalue weighted by Crippen LogP contribution is 2.32. The van der Waals surface area contributed by atoms with Crippen molar-refractivity contribution in [3.05, 3.63) is 41.0 Å². The van der Waals surface area contributed by atoms with Gasteiger partial charge in [0, 0.05) is 78.2 Å². The molecule has 0 aliphatic carbocycles. The number of fused-ring (bicyclic) bond motifs is 4. The van der Waals surface area contributed by atoms with Crippen molar-refractivity contribution in [3.8, 4) is 0 Å². The molecule has 1 aromatic rings. The number of hydrogen-bond donors (Lipinski definition) is 12. The lowest BCUT2D eigenvalue weighted by molar-refractivity contribution is -0.144. The fourth-order valence-electron chi connectivity index (χ4n) is 6.49. The van der Waals surface area contributed by atoms with Crippen molar-refractivity contribution < 1.29 is 59.7 Å². The van der Waals surface area contributed by atoms with Crippen LogP contribution in [0.4, 0.5) is 0 Å². The number of carbonyl (C=O) groups is 5. The molecule has 314 valence electrons. The van der Waals surface area contributed by atoms with E-state index in [1.165, 1.54) is 4.90 Å². The molecule has 56 heavy (non-hydrogen) atoms. The minimum Gasteiger partial charge on any atom is -0.509 e. The summed E-state index contributed by atoms with van der Waals surface area (Å²) in [6.07, 6.45) is -3.88. The molecule has 3 rings (SSSR count). The fourth-order valence-corrected chi connectivity index (χ4v) is 6.49. The van der Waals surface area contributed by atoms with Crippen LogP contribution in [0.5, 0.6) is 0 Å². The van der Waals surface area contributed by atoms with E-state index >= 15 is 0 Å². The molecule has 4 bridgehead atoms. The lowest BCUT2D eigenvalue weighted by atomic mass is 10.1. The standard InChI is InChI=1S/C35H57N9O12/c36-12-23(46)14-38-30(49)7-4-26-33(52)29-19-43(26)11-10-42(27(34(53)54)5-8-31(50)39-15-24(47)13-37)17-21-2-1-3-22(41-21)18-44(29)28(35(55)56)6-9-32(51)40-16-25(48)20-45/h1-3,23-28,45-48,52H,4-20,36-37H2,(H,38,49)(H,39,50)(H,40,51)(H,53,54)(H,55,56). The summed E-state index contributed by atoms with van der Waals surface area (Å²) in [5.74, 6) is -4.16. The number of aliphatic hydroxyl groups excluding tert-OH is 5. The number of nitrogens with zero attached hydrogens (tertiary/aromatic N) is 4. The predicted molar refractivity (Wildman–Crippen MR) is 198 cm³/mol. The molecule has 3 amide bonds. The summed E-state index contributed by atoms with van der Waals surface area (Å²) in [6.45, 7) is -1.02. The monoisotopic (exact) mass is 795 g/mol. The highest BCUT2D eigenvalue weighted by atomic mass is 16.4. The van der Waals surface area contributed by atoms with Gasteiger partial charge >= 0.3 is 11.9 Å². The first-order valence-corrected chi connectivity index (χ1v) is 18.6. The van der Waals surface area contributed by atoms with E-state index in [1.54, 1.807) is 28.0 Å². The summed E-state index contributed by atoms with van der Waals surface area (Å²) < 4.78 is 0. The van der Waals surface area contributed by atoms with Crippen molar-refractivity contribution in [1.82, 2.24) is 35.6 Å². The highest BCUT2D eigenvalue weighted by molar-refractivity contribution is 5.79. The largest absolute Gasteiger partial charge is 0.509 e. The molecule has 7 atom stereocenters. The van der Waals surface area contributed by atoms with Gasteiger partial charge in [0.2, 0.25) is 17.7 Å². The van der Waals surface area contributed by atoms with Gasteiger partial charge in [-0.2, -0.15) is 0 Å². The van der Waals surface area contributed by atoms with Gasteiger partial charge in [0.05, 0.1) is 54.6 Å². The number of carboxylic acids is 2. The summed E-state index contributed by atoms with van der Waals surface area (Å²) in [7, 11) is 0. The summed E-state index contributed by atoms with van der Waals surface area (Å²) in [5.41, 5.74) is 11.9. The van der Waals surface area contributed by atoms with Crippen LogP contribution in [-0.4, -0.2) is 180 Å². The Morgan fingerprint density at radius 2 is 1.27 bits per heavy atom. The quantitative estimate of drug-likeness (QED) is 0.0529. The first-order chi connectivity index (χ1) is 26.7. The topological polar surface area (TPSA) is 338 Å². The molecular formula is C35H57N9O12. The van der Waals surface area contributed by atoms with E-state index in [2.05, 4.69) is 16.0 Å². The van der Waals surface area contributed by atoms with Crippen molar-refractivity contribution in [3.63, 3.8) is 0 Å². The Morgan fingerprint density at radius 1 is 0.750 bits per heavy atom. The maximum atomic E-state index is 12.9. The second kappa shape index (κ2) is 22.9. The lowest BCUT2D eigenvalue weighted by Crippen LogP contribution is -2.47. The van der Waals surface area contributed by atoms with Crippen molar-refractivity contribution in [2.45, 2.75) is 88.1 Å². The van der Waals surface area contributed by atoms with E-state index in [0.29, 0.717) is 11.4 Å². The molecule has 0 fully saturated rings. The number of rotatable bonds is 22. The third-order valence-electron chi connectivity index (χ3n) is 9.67. The lowest BCUT2D eigenvalue weighted by Gasteiger charge is -2.34. The van der Waals surface area contributed by atoms with Crippen molar-refractivity contribution in [2.75, 3.05) is 59.0 Å². The minimum atomic E-state index is -1.35. The first-order valence-electron chi connectivity index (χ1n) is 18.6. The normalized spacial score (nSPS) is 20.1. The number of nitrogens with one attached hydrogen (secondary N) is 3. The molecule has 2 aliphatic rings. The number of aromatic nitrogens is 1. The Hall–Kier alpha value is -4.48. The number of aliphatic hydroxyl groups is 5. The molecule has 2 aliphatic heterocycles. The molecule has 7 unspecified atom stereocenters. The number of carbonyl (C=O) groups excluding carboxylic acids is 3. The number of amides is 3. The number of carboxylic acid groups (broad SMARTS) is 2. The van der Waals surface area contributed by atoms with Gasteiger partial charge in [-0.3, -0.25) is 34.0 Å². The van der Waals surface area contributed by atoms with E-state index in [9.17, 15) is 54.6 Å². The van der Waals surface area contributed by atoms with E-state index in [4.69, 9.17) is 21.6 Å². The zero-order chi connectivity index (χ0) is 41.4. The Labute approximate surface area is 324 Å². The minimum absolute atomic E-state index is 0.0141. The average molecular weight is 796 g/mol. The Balaban J connectivity index is 1.98. The Kier molecular flexibility index (Phi) is 18.8.